The number of aromatic nitrogens is 2. The lowest BCUT2D eigenvalue weighted by Crippen LogP contribution is -2.45. The Labute approximate surface area is 132 Å². The summed E-state index contributed by atoms with van der Waals surface area (Å²) in [5.41, 5.74) is 2.89. The Bertz CT molecular complexity index is 545. The van der Waals surface area contributed by atoms with E-state index in [0.29, 0.717) is 11.9 Å². The molecular weight excluding hydrogens is 276 g/mol. The van der Waals surface area contributed by atoms with Crippen LogP contribution < -0.4 is 0 Å². The van der Waals surface area contributed by atoms with Gasteiger partial charge in [0.05, 0.1) is 6.20 Å². The predicted octanol–water partition coefficient (Wildman–Crippen LogP) is 1.81. The van der Waals surface area contributed by atoms with Crippen LogP contribution in [0.4, 0.5) is 0 Å². The van der Waals surface area contributed by atoms with Crippen molar-refractivity contribution in [1.82, 2.24) is 19.6 Å². The first-order valence-electron chi connectivity index (χ1n) is 8.86. The van der Waals surface area contributed by atoms with Gasteiger partial charge in [0.25, 0.3) is 0 Å². The molecule has 5 nitrogen and oxygen atoms in total. The Hall–Kier alpha value is -1.36. The van der Waals surface area contributed by atoms with E-state index in [-0.39, 0.29) is 0 Å². The van der Waals surface area contributed by atoms with Crippen molar-refractivity contribution in [1.29, 1.82) is 0 Å². The van der Waals surface area contributed by atoms with Crippen LogP contribution in [0.3, 0.4) is 0 Å². The van der Waals surface area contributed by atoms with Gasteiger partial charge in [0.1, 0.15) is 0 Å². The number of nitrogens with zero attached hydrogens (tertiary/aromatic N) is 4. The number of carbonyl (C=O) groups is 1. The summed E-state index contributed by atoms with van der Waals surface area (Å²) >= 11 is 0. The molecule has 22 heavy (non-hydrogen) atoms. The van der Waals surface area contributed by atoms with Gasteiger partial charge in [-0.25, -0.2) is 0 Å². The molecule has 2 saturated heterocycles. The lowest BCUT2D eigenvalue weighted by Gasteiger charge is -2.36. The zero-order valence-corrected chi connectivity index (χ0v) is 13.3. The van der Waals surface area contributed by atoms with Crippen molar-refractivity contribution in [3.8, 4) is 0 Å². The monoisotopic (exact) mass is 302 g/mol. The molecule has 3 aliphatic rings. The summed E-state index contributed by atoms with van der Waals surface area (Å²) < 4.78 is 2.20. The van der Waals surface area contributed by atoms with Gasteiger partial charge in [0, 0.05) is 56.4 Å². The zero-order valence-electron chi connectivity index (χ0n) is 13.3. The van der Waals surface area contributed by atoms with Crippen molar-refractivity contribution >= 4 is 5.91 Å². The lowest BCUT2D eigenvalue weighted by molar-refractivity contribution is -0.130. The molecule has 1 aromatic rings. The molecule has 0 aliphatic carbocycles. The fraction of sp³-hybridized carbons (Fsp3) is 0.765. The van der Waals surface area contributed by atoms with Gasteiger partial charge in [-0.1, -0.05) is 0 Å². The van der Waals surface area contributed by atoms with Crippen molar-refractivity contribution in [3.05, 3.63) is 17.5 Å². The number of carbonyl (C=O) groups excluding carboxylic acids is 1. The van der Waals surface area contributed by atoms with E-state index in [9.17, 15) is 4.79 Å². The topological polar surface area (TPSA) is 41.4 Å². The number of fused-ring (bicyclic) bond motifs is 1. The zero-order chi connectivity index (χ0) is 14.9. The maximum Gasteiger partial charge on any atom is 0.222 e. The summed E-state index contributed by atoms with van der Waals surface area (Å²) in [6, 6.07) is 0.493. The van der Waals surface area contributed by atoms with Gasteiger partial charge in [-0.15, -0.1) is 0 Å². The second-order valence-corrected chi connectivity index (χ2v) is 6.99. The van der Waals surface area contributed by atoms with Crippen LogP contribution in [0.5, 0.6) is 0 Å². The average molecular weight is 302 g/mol. The number of amides is 1. The quantitative estimate of drug-likeness (QED) is 0.855. The highest BCUT2D eigenvalue weighted by molar-refractivity contribution is 5.78. The van der Waals surface area contributed by atoms with Gasteiger partial charge in [-0.3, -0.25) is 14.4 Å². The molecule has 0 N–H and O–H groups in total. The van der Waals surface area contributed by atoms with E-state index < -0.39 is 0 Å². The van der Waals surface area contributed by atoms with Gasteiger partial charge < -0.3 is 4.90 Å². The van der Waals surface area contributed by atoms with E-state index in [2.05, 4.69) is 25.8 Å². The highest BCUT2D eigenvalue weighted by Gasteiger charge is 2.31. The van der Waals surface area contributed by atoms with Crippen LogP contribution in [-0.2, 0) is 24.3 Å². The molecule has 0 unspecified atom stereocenters. The van der Waals surface area contributed by atoms with E-state index in [1.165, 1.54) is 30.5 Å². The second kappa shape index (κ2) is 6.03. The van der Waals surface area contributed by atoms with Crippen LogP contribution in [0, 0.1) is 0 Å². The number of hydrogen-bond acceptors (Lipinski definition) is 3. The molecule has 120 valence electrons. The third-order valence-corrected chi connectivity index (χ3v) is 5.57. The van der Waals surface area contributed by atoms with E-state index in [0.717, 1.165) is 58.4 Å². The minimum atomic E-state index is 0.379. The van der Waals surface area contributed by atoms with Crippen LogP contribution >= 0.6 is 0 Å². The van der Waals surface area contributed by atoms with Crippen LogP contribution in [-0.4, -0.2) is 51.2 Å². The summed E-state index contributed by atoms with van der Waals surface area (Å²) in [5, 5.41) is 4.55. The number of rotatable bonds is 3. The predicted molar refractivity (Wildman–Crippen MR) is 84.4 cm³/mol. The molecule has 1 aromatic heterocycles. The fourth-order valence-electron chi connectivity index (χ4n) is 4.30. The molecule has 0 bridgehead atoms. The third-order valence-electron chi connectivity index (χ3n) is 5.57. The summed E-state index contributed by atoms with van der Waals surface area (Å²) in [7, 11) is 0. The smallest absolute Gasteiger partial charge is 0.222 e. The van der Waals surface area contributed by atoms with Crippen LogP contribution in [0.25, 0.3) is 0 Å². The summed E-state index contributed by atoms with van der Waals surface area (Å²) in [4.78, 5) is 16.6. The van der Waals surface area contributed by atoms with Crippen LogP contribution in [0.2, 0.25) is 0 Å². The number of hydrogen-bond donors (Lipinski definition) is 0. The van der Waals surface area contributed by atoms with Crippen LogP contribution in [0.1, 0.15) is 49.8 Å². The molecule has 0 spiro atoms. The minimum absolute atomic E-state index is 0.379. The Morgan fingerprint density at radius 1 is 1.05 bits per heavy atom. The maximum atomic E-state index is 11.9. The summed E-state index contributed by atoms with van der Waals surface area (Å²) in [6.45, 7) is 5.34. The normalized spacial score (nSPS) is 24.0. The van der Waals surface area contributed by atoms with Gasteiger partial charge in [-0.05, 0) is 38.5 Å². The van der Waals surface area contributed by atoms with Gasteiger partial charge in [-0.2, -0.15) is 5.10 Å². The molecule has 0 aromatic carbocycles. The Morgan fingerprint density at radius 2 is 1.91 bits per heavy atom. The second-order valence-electron chi connectivity index (χ2n) is 6.99. The standard InChI is InChI=1S/C17H26N4O/c22-17-5-3-8-20(17)15-6-10-19(11-7-15)13-14-12-18-21-9-2-1-4-16(14)21/h12,15H,1-11,13H2. The third kappa shape index (κ3) is 2.67. The molecule has 4 rings (SSSR count). The van der Waals surface area contributed by atoms with E-state index >= 15 is 0 Å². The molecule has 3 aliphatic heterocycles. The van der Waals surface area contributed by atoms with Gasteiger partial charge in [0.15, 0.2) is 0 Å². The van der Waals surface area contributed by atoms with Crippen molar-refractivity contribution in [3.63, 3.8) is 0 Å². The Morgan fingerprint density at radius 3 is 2.68 bits per heavy atom. The Kier molecular flexibility index (Phi) is 3.90. The molecule has 0 radical (unpaired) electrons. The van der Waals surface area contributed by atoms with Crippen molar-refractivity contribution < 1.29 is 4.79 Å². The molecule has 5 heteroatoms. The first kappa shape index (κ1) is 14.2. The SMILES string of the molecule is O=C1CCCN1C1CCN(Cc2cnn3c2CCCC3)CC1. The highest BCUT2D eigenvalue weighted by Crippen LogP contribution is 2.24. The first-order chi connectivity index (χ1) is 10.8. The molecule has 4 heterocycles. The van der Waals surface area contributed by atoms with Crippen LogP contribution in [0.15, 0.2) is 6.20 Å². The van der Waals surface area contributed by atoms with E-state index in [1.54, 1.807) is 0 Å². The summed E-state index contributed by atoms with van der Waals surface area (Å²) in [6.07, 6.45) is 9.93. The number of likely N-dealkylation sites (tertiary alicyclic amines) is 2. The number of aryl methyl sites for hydroxylation is 1. The van der Waals surface area contributed by atoms with Crippen molar-refractivity contribution in [2.75, 3.05) is 19.6 Å². The largest absolute Gasteiger partial charge is 0.340 e. The van der Waals surface area contributed by atoms with Crippen molar-refractivity contribution in [2.45, 2.75) is 64.1 Å². The molecule has 0 atom stereocenters. The van der Waals surface area contributed by atoms with Gasteiger partial charge in [0.2, 0.25) is 5.91 Å². The first-order valence-corrected chi connectivity index (χ1v) is 8.86. The maximum absolute atomic E-state index is 11.9. The number of piperidine rings is 1. The summed E-state index contributed by atoms with van der Waals surface area (Å²) in [5.74, 6) is 0.379. The van der Waals surface area contributed by atoms with E-state index in [4.69, 9.17) is 0 Å². The Balaban J connectivity index is 1.34. The molecular formula is C17H26N4O. The minimum Gasteiger partial charge on any atom is -0.340 e. The molecule has 0 saturated carbocycles. The fourth-order valence-corrected chi connectivity index (χ4v) is 4.30. The van der Waals surface area contributed by atoms with E-state index in [1.807, 2.05) is 0 Å². The lowest BCUT2D eigenvalue weighted by atomic mass is 10.0. The average Bonchev–Trinajstić information content (AvgIpc) is 3.15. The highest BCUT2D eigenvalue weighted by atomic mass is 16.2. The molecule has 1 amide bonds. The van der Waals surface area contributed by atoms with Gasteiger partial charge >= 0.3 is 0 Å². The molecule has 2 fully saturated rings. The van der Waals surface area contributed by atoms with Crippen molar-refractivity contribution in [2.24, 2.45) is 0 Å².